The van der Waals surface area contributed by atoms with Crippen molar-refractivity contribution in [2.24, 2.45) is 0 Å². The van der Waals surface area contributed by atoms with Crippen LogP contribution in [0.1, 0.15) is 54.9 Å². The number of ketones is 1. The number of hydrogen-bond donors (Lipinski definition) is 1. The second-order valence-electron chi connectivity index (χ2n) is 1.36. The first-order valence-electron chi connectivity index (χ1n) is 5.47. The van der Waals surface area contributed by atoms with Crippen LogP contribution in [-0.4, -0.2) is 18.7 Å². The number of likely N-dealkylation sites (N-methyl/N-ethyl adjacent to an activating group) is 1. The highest BCUT2D eigenvalue weighted by atomic mass is 16.2. The molecule has 14 heavy (non-hydrogen) atoms. The van der Waals surface area contributed by atoms with Gasteiger partial charge in [-0.15, -0.1) is 0 Å². The molecule has 0 fully saturated rings. The van der Waals surface area contributed by atoms with E-state index in [-0.39, 0.29) is 12.2 Å². The van der Waals surface area contributed by atoms with Crippen molar-refractivity contribution in [2.75, 3.05) is 7.05 Å². The third-order valence-corrected chi connectivity index (χ3v) is 0.801. The highest BCUT2D eigenvalue weighted by Crippen LogP contribution is 1.77. The van der Waals surface area contributed by atoms with Gasteiger partial charge in [0.1, 0.15) is 0 Å². The van der Waals surface area contributed by atoms with Crippen molar-refractivity contribution in [1.29, 1.82) is 0 Å². The number of hydrogen-bond acceptors (Lipinski definition) is 2. The smallest absolute Gasteiger partial charge is 0.287 e. The SMILES string of the molecule is CC.CC.CC.CCC(=O)C(=O)NC. The van der Waals surface area contributed by atoms with Crippen molar-refractivity contribution < 1.29 is 9.59 Å². The number of amides is 1. The molecule has 0 spiro atoms. The molecule has 0 atom stereocenters. The summed E-state index contributed by atoms with van der Waals surface area (Å²) in [5, 5.41) is 2.23. The summed E-state index contributed by atoms with van der Waals surface area (Å²) in [5.74, 6) is -0.875. The van der Waals surface area contributed by atoms with Crippen molar-refractivity contribution in [1.82, 2.24) is 5.32 Å². The summed E-state index contributed by atoms with van der Waals surface area (Å²) < 4.78 is 0. The molecule has 1 amide bonds. The van der Waals surface area contributed by atoms with Crippen molar-refractivity contribution in [3.8, 4) is 0 Å². The lowest BCUT2D eigenvalue weighted by molar-refractivity contribution is -0.137. The lowest BCUT2D eigenvalue weighted by atomic mass is 10.3. The minimum absolute atomic E-state index is 0.277. The predicted molar refractivity (Wildman–Crippen MR) is 63.4 cm³/mol. The molecule has 1 N–H and O–H groups in total. The Kier molecular flexibility index (Phi) is 48.9. The predicted octanol–water partition coefficient (Wildman–Crippen LogP) is 2.79. The van der Waals surface area contributed by atoms with Crippen LogP contribution in [0.25, 0.3) is 0 Å². The van der Waals surface area contributed by atoms with Crippen molar-refractivity contribution >= 4 is 11.7 Å². The van der Waals surface area contributed by atoms with Gasteiger partial charge in [0, 0.05) is 13.5 Å². The average Bonchev–Trinajstić information content (AvgIpc) is 2.34. The first-order valence-corrected chi connectivity index (χ1v) is 5.47. The zero-order chi connectivity index (χ0) is 12.6. The maximum Gasteiger partial charge on any atom is 0.287 e. The number of carbonyl (C=O) groups is 2. The Morgan fingerprint density at radius 2 is 1.21 bits per heavy atom. The molecule has 0 aromatic rings. The molecule has 88 valence electrons. The van der Waals surface area contributed by atoms with Crippen LogP contribution in [0.2, 0.25) is 0 Å². The Morgan fingerprint density at radius 3 is 1.29 bits per heavy atom. The van der Waals surface area contributed by atoms with Gasteiger partial charge in [-0.1, -0.05) is 48.5 Å². The fourth-order valence-corrected chi connectivity index (χ4v) is 0.300. The van der Waals surface area contributed by atoms with E-state index in [1.54, 1.807) is 6.92 Å². The van der Waals surface area contributed by atoms with Gasteiger partial charge in [-0.2, -0.15) is 0 Å². The maximum atomic E-state index is 10.3. The number of rotatable bonds is 2. The average molecular weight is 205 g/mol. The highest BCUT2D eigenvalue weighted by molar-refractivity contribution is 6.35. The summed E-state index contributed by atoms with van der Waals surface area (Å²) in [4.78, 5) is 20.6. The fourth-order valence-electron chi connectivity index (χ4n) is 0.300. The Morgan fingerprint density at radius 1 is 0.929 bits per heavy atom. The molecule has 0 saturated heterocycles. The molecule has 0 heterocycles. The van der Waals surface area contributed by atoms with E-state index < -0.39 is 5.91 Å². The minimum atomic E-state index is -0.507. The molecule has 0 saturated carbocycles. The monoisotopic (exact) mass is 205 g/mol. The van der Waals surface area contributed by atoms with Gasteiger partial charge in [-0.25, -0.2) is 0 Å². The Labute approximate surface area is 89.3 Å². The van der Waals surface area contributed by atoms with Gasteiger partial charge in [0.25, 0.3) is 5.91 Å². The van der Waals surface area contributed by atoms with Crippen LogP contribution in [0.3, 0.4) is 0 Å². The standard InChI is InChI=1S/C5H9NO2.3C2H6/c1-3-4(7)5(8)6-2;3*1-2/h3H2,1-2H3,(H,6,8);3*1-2H3. The minimum Gasteiger partial charge on any atom is -0.353 e. The summed E-state index contributed by atoms with van der Waals surface area (Å²) in [6, 6.07) is 0. The molecule has 0 radical (unpaired) electrons. The van der Waals surface area contributed by atoms with Crippen LogP contribution in [-0.2, 0) is 9.59 Å². The Bertz CT molecular complexity index is 97.9. The van der Waals surface area contributed by atoms with Crippen LogP contribution < -0.4 is 5.32 Å². The van der Waals surface area contributed by atoms with Crippen molar-refractivity contribution in [2.45, 2.75) is 54.9 Å². The highest BCUT2D eigenvalue weighted by Gasteiger charge is 2.05. The Balaban J connectivity index is -0.0000000708. The number of nitrogens with one attached hydrogen (secondary N) is 1. The third-order valence-electron chi connectivity index (χ3n) is 0.801. The van der Waals surface area contributed by atoms with Gasteiger partial charge >= 0.3 is 0 Å². The van der Waals surface area contributed by atoms with Crippen LogP contribution in [0.15, 0.2) is 0 Å². The molecule has 0 unspecified atom stereocenters. The second kappa shape index (κ2) is 29.6. The van der Waals surface area contributed by atoms with Gasteiger partial charge in [-0.3, -0.25) is 9.59 Å². The largest absolute Gasteiger partial charge is 0.353 e. The van der Waals surface area contributed by atoms with Gasteiger partial charge in [0.15, 0.2) is 0 Å². The molecule has 0 aliphatic heterocycles. The van der Waals surface area contributed by atoms with Crippen LogP contribution >= 0.6 is 0 Å². The summed E-state index contributed by atoms with van der Waals surface area (Å²) >= 11 is 0. The van der Waals surface area contributed by atoms with Gasteiger partial charge in [0.2, 0.25) is 5.78 Å². The van der Waals surface area contributed by atoms with E-state index in [0.717, 1.165) is 0 Å². The summed E-state index contributed by atoms with van der Waals surface area (Å²) in [5.41, 5.74) is 0. The molecule has 0 aromatic heterocycles. The topological polar surface area (TPSA) is 46.2 Å². The zero-order valence-corrected chi connectivity index (χ0v) is 11.0. The molecular formula is C11H27NO2. The van der Waals surface area contributed by atoms with Crippen molar-refractivity contribution in [3.05, 3.63) is 0 Å². The molecule has 0 aliphatic rings. The molecule has 0 aromatic carbocycles. The Hall–Kier alpha value is -0.860. The van der Waals surface area contributed by atoms with Crippen molar-refractivity contribution in [3.63, 3.8) is 0 Å². The first kappa shape index (κ1) is 23.2. The number of Topliss-reactive ketones (excluding diaryl/α,β-unsaturated/α-hetero) is 1. The second-order valence-corrected chi connectivity index (χ2v) is 1.36. The quantitative estimate of drug-likeness (QED) is 0.705. The number of carbonyl (C=O) groups excluding carboxylic acids is 2. The lowest BCUT2D eigenvalue weighted by Crippen LogP contribution is -2.26. The van der Waals surface area contributed by atoms with Crippen LogP contribution in [0.4, 0.5) is 0 Å². The summed E-state index contributed by atoms with van der Waals surface area (Å²) in [6.07, 6.45) is 0.277. The van der Waals surface area contributed by atoms with E-state index in [9.17, 15) is 9.59 Å². The molecule has 0 rings (SSSR count). The fraction of sp³-hybridized carbons (Fsp3) is 0.818. The molecule has 3 nitrogen and oxygen atoms in total. The molecular weight excluding hydrogens is 178 g/mol. The van der Waals surface area contributed by atoms with Crippen LogP contribution in [0, 0.1) is 0 Å². The molecule has 0 bridgehead atoms. The van der Waals surface area contributed by atoms with Gasteiger partial charge in [-0.05, 0) is 0 Å². The molecule has 0 aliphatic carbocycles. The lowest BCUT2D eigenvalue weighted by Gasteiger charge is -1.90. The first-order chi connectivity index (χ1) is 6.72. The van der Waals surface area contributed by atoms with E-state index in [1.165, 1.54) is 7.05 Å². The van der Waals surface area contributed by atoms with E-state index in [2.05, 4.69) is 5.32 Å². The zero-order valence-electron chi connectivity index (χ0n) is 11.0. The summed E-state index contributed by atoms with van der Waals surface area (Å²) in [7, 11) is 1.44. The van der Waals surface area contributed by atoms with Crippen LogP contribution in [0.5, 0.6) is 0 Å². The molecule has 3 heteroatoms. The third kappa shape index (κ3) is 22.5. The normalized spacial score (nSPS) is 6.00. The van der Waals surface area contributed by atoms with E-state index in [0.29, 0.717) is 0 Å². The van der Waals surface area contributed by atoms with E-state index in [1.807, 2.05) is 41.5 Å². The maximum absolute atomic E-state index is 10.3. The van der Waals surface area contributed by atoms with E-state index in [4.69, 9.17) is 0 Å². The van der Waals surface area contributed by atoms with Gasteiger partial charge in [0.05, 0.1) is 0 Å². The van der Waals surface area contributed by atoms with Gasteiger partial charge < -0.3 is 5.32 Å². The van der Waals surface area contributed by atoms with E-state index >= 15 is 0 Å². The summed E-state index contributed by atoms with van der Waals surface area (Å²) in [6.45, 7) is 13.7.